The third kappa shape index (κ3) is 3.12. The number of rotatable bonds is 4. The quantitative estimate of drug-likeness (QED) is 0.894. The summed E-state index contributed by atoms with van der Waals surface area (Å²) in [5.74, 6) is -0.412. The van der Waals surface area contributed by atoms with Gasteiger partial charge in [-0.05, 0) is 31.9 Å². The average molecular weight is 271 g/mol. The molecule has 0 aliphatic rings. The second-order valence-electron chi connectivity index (χ2n) is 4.81. The highest BCUT2D eigenvalue weighted by Crippen LogP contribution is 2.27. The number of aliphatic carboxylic acids is 1. The van der Waals surface area contributed by atoms with Crippen LogP contribution in [0, 0.1) is 20.8 Å². The van der Waals surface area contributed by atoms with Crippen LogP contribution in [0.4, 0.5) is 5.82 Å². The molecule has 2 rings (SSSR count). The summed E-state index contributed by atoms with van der Waals surface area (Å²) in [6, 6.07) is 5.98. The Bertz CT molecular complexity index is 630. The Balaban J connectivity index is 2.38. The van der Waals surface area contributed by atoms with E-state index < -0.39 is 5.97 Å². The van der Waals surface area contributed by atoms with Gasteiger partial charge < -0.3 is 10.4 Å². The summed E-state index contributed by atoms with van der Waals surface area (Å²) in [5.41, 5.74) is 5.36. The number of carbonyl (C=O) groups is 1. The van der Waals surface area contributed by atoms with Crippen molar-refractivity contribution in [2.45, 2.75) is 20.8 Å². The second-order valence-corrected chi connectivity index (χ2v) is 4.81. The molecule has 0 radical (unpaired) electrons. The van der Waals surface area contributed by atoms with E-state index >= 15 is 0 Å². The van der Waals surface area contributed by atoms with Gasteiger partial charge in [-0.1, -0.05) is 17.7 Å². The monoisotopic (exact) mass is 271 g/mol. The van der Waals surface area contributed by atoms with Crippen LogP contribution in [-0.4, -0.2) is 27.6 Å². The van der Waals surface area contributed by atoms with E-state index in [1.165, 1.54) is 11.9 Å². The van der Waals surface area contributed by atoms with E-state index in [0.29, 0.717) is 5.82 Å². The zero-order valence-corrected chi connectivity index (χ0v) is 11.8. The molecular weight excluding hydrogens is 254 g/mol. The van der Waals surface area contributed by atoms with E-state index in [1.54, 1.807) is 6.07 Å². The van der Waals surface area contributed by atoms with Crippen molar-refractivity contribution >= 4 is 11.8 Å². The molecule has 0 spiro atoms. The molecule has 2 N–H and O–H groups in total. The van der Waals surface area contributed by atoms with Gasteiger partial charge in [0.05, 0.1) is 5.69 Å². The predicted molar refractivity (Wildman–Crippen MR) is 77.8 cm³/mol. The molecule has 1 heterocycles. The summed E-state index contributed by atoms with van der Waals surface area (Å²) in [4.78, 5) is 18.9. The standard InChI is InChI=1S/C15H17N3O2/c1-9-4-10(2)15(11(3)5-9)12-6-13(18-8-17-12)16-7-14(19)20/h4-6,8H,7H2,1-3H3,(H,19,20)(H,16,17,18). The summed E-state index contributed by atoms with van der Waals surface area (Å²) >= 11 is 0. The Morgan fingerprint density at radius 2 is 1.80 bits per heavy atom. The fraction of sp³-hybridized carbons (Fsp3) is 0.267. The summed E-state index contributed by atoms with van der Waals surface area (Å²) < 4.78 is 0. The van der Waals surface area contributed by atoms with Gasteiger partial charge in [-0.25, -0.2) is 9.97 Å². The molecule has 0 aliphatic heterocycles. The number of nitrogens with zero attached hydrogens (tertiary/aromatic N) is 2. The third-order valence-electron chi connectivity index (χ3n) is 3.02. The van der Waals surface area contributed by atoms with Gasteiger partial charge in [-0.3, -0.25) is 4.79 Å². The molecule has 0 saturated carbocycles. The van der Waals surface area contributed by atoms with Crippen molar-refractivity contribution < 1.29 is 9.90 Å². The molecule has 104 valence electrons. The average Bonchev–Trinajstić information content (AvgIpc) is 2.35. The first-order valence-electron chi connectivity index (χ1n) is 6.33. The molecule has 0 unspecified atom stereocenters. The molecule has 0 bridgehead atoms. The lowest BCUT2D eigenvalue weighted by atomic mass is 9.97. The van der Waals surface area contributed by atoms with Gasteiger partial charge in [0.1, 0.15) is 18.7 Å². The van der Waals surface area contributed by atoms with E-state index in [-0.39, 0.29) is 6.54 Å². The van der Waals surface area contributed by atoms with Crippen LogP contribution in [0.2, 0.25) is 0 Å². The number of aromatic nitrogens is 2. The zero-order valence-electron chi connectivity index (χ0n) is 11.8. The van der Waals surface area contributed by atoms with Gasteiger partial charge in [0.15, 0.2) is 0 Å². The summed E-state index contributed by atoms with van der Waals surface area (Å²) in [7, 11) is 0. The van der Waals surface area contributed by atoms with Crippen LogP contribution in [-0.2, 0) is 4.79 Å². The normalized spacial score (nSPS) is 10.3. The molecule has 0 saturated heterocycles. The molecule has 0 fully saturated rings. The maximum absolute atomic E-state index is 10.6. The lowest BCUT2D eigenvalue weighted by Crippen LogP contribution is -2.13. The summed E-state index contributed by atoms with van der Waals surface area (Å²) in [6.45, 7) is 5.98. The number of hydrogen-bond donors (Lipinski definition) is 2. The number of nitrogens with one attached hydrogen (secondary N) is 1. The maximum atomic E-state index is 10.6. The van der Waals surface area contributed by atoms with Crippen LogP contribution in [0.1, 0.15) is 16.7 Å². The molecule has 0 atom stereocenters. The highest BCUT2D eigenvalue weighted by Gasteiger charge is 2.09. The van der Waals surface area contributed by atoms with Crippen LogP contribution in [0.3, 0.4) is 0 Å². The minimum Gasteiger partial charge on any atom is -0.480 e. The molecule has 5 nitrogen and oxygen atoms in total. The molecule has 0 aliphatic carbocycles. The van der Waals surface area contributed by atoms with Crippen LogP contribution in [0.25, 0.3) is 11.3 Å². The molecule has 5 heteroatoms. The van der Waals surface area contributed by atoms with Crippen LogP contribution >= 0.6 is 0 Å². The summed E-state index contributed by atoms with van der Waals surface area (Å²) in [5, 5.41) is 11.4. The first kappa shape index (κ1) is 14.0. The largest absolute Gasteiger partial charge is 0.480 e. The number of anilines is 1. The Labute approximate surface area is 117 Å². The minimum atomic E-state index is -0.923. The number of hydrogen-bond acceptors (Lipinski definition) is 4. The number of benzene rings is 1. The lowest BCUT2D eigenvalue weighted by Gasteiger charge is -2.11. The maximum Gasteiger partial charge on any atom is 0.322 e. The Morgan fingerprint density at radius 3 is 2.40 bits per heavy atom. The van der Waals surface area contributed by atoms with Crippen molar-refractivity contribution in [1.82, 2.24) is 9.97 Å². The Hall–Kier alpha value is -2.43. The van der Waals surface area contributed by atoms with Gasteiger partial charge >= 0.3 is 5.97 Å². The van der Waals surface area contributed by atoms with E-state index in [4.69, 9.17) is 5.11 Å². The lowest BCUT2D eigenvalue weighted by molar-refractivity contribution is -0.134. The van der Waals surface area contributed by atoms with Crippen LogP contribution in [0.5, 0.6) is 0 Å². The minimum absolute atomic E-state index is 0.164. The highest BCUT2D eigenvalue weighted by molar-refractivity contribution is 5.74. The zero-order chi connectivity index (χ0) is 14.7. The topological polar surface area (TPSA) is 75.1 Å². The van der Waals surface area contributed by atoms with Crippen LogP contribution in [0.15, 0.2) is 24.5 Å². The van der Waals surface area contributed by atoms with Crippen molar-refractivity contribution in [2.75, 3.05) is 11.9 Å². The van der Waals surface area contributed by atoms with Gasteiger partial charge in [0.25, 0.3) is 0 Å². The predicted octanol–water partition coefficient (Wildman–Crippen LogP) is 2.57. The van der Waals surface area contributed by atoms with Crippen molar-refractivity contribution in [1.29, 1.82) is 0 Å². The van der Waals surface area contributed by atoms with E-state index in [1.807, 2.05) is 13.8 Å². The fourth-order valence-corrected chi connectivity index (χ4v) is 2.34. The first-order valence-corrected chi connectivity index (χ1v) is 6.33. The highest BCUT2D eigenvalue weighted by atomic mass is 16.4. The van der Waals surface area contributed by atoms with Gasteiger partial charge in [-0.15, -0.1) is 0 Å². The van der Waals surface area contributed by atoms with E-state index in [9.17, 15) is 4.79 Å². The van der Waals surface area contributed by atoms with Crippen molar-refractivity contribution in [2.24, 2.45) is 0 Å². The third-order valence-corrected chi connectivity index (χ3v) is 3.02. The molecule has 1 aromatic heterocycles. The molecule has 2 aromatic rings. The van der Waals surface area contributed by atoms with E-state index in [2.05, 4.69) is 34.3 Å². The molecular formula is C15H17N3O2. The number of carboxylic acids is 1. The van der Waals surface area contributed by atoms with Gasteiger partial charge in [-0.2, -0.15) is 0 Å². The Morgan fingerprint density at radius 1 is 1.15 bits per heavy atom. The molecule has 0 amide bonds. The van der Waals surface area contributed by atoms with Gasteiger partial charge in [0.2, 0.25) is 0 Å². The summed E-state index contributed by atoms with van der Waals surface area (Å²) in [6.07, 6.45) is 1.44. The Kier molecular flexibility index (Phi) is 3.98. The molecule has 20 heavy (non-hydrogen) atoms. The molecule has 1 aromatic carbocycles. The SMILES string of the molecule is Cc1cc(C)c(-c2cc(NCC(=O)O)ncn2)c(C)c1. The van der Waals surface area contributed by atoms with E-state index in [0.717, 1.165) is 22.4 Å². The number of carboxylic acid groups (broad SMARTS) is 1. The first-order chi connectivity index (χ1) is 9.47. The second kappa shape index (κ2) is 5.69. The smallest absolute Gasteiger partial charge is 0.322 e. The van der Waals surface area contributed by atoms with Crippen molar-refractivity contribution in [3.05, 3.63) is 41.2 Å². The fourth-order valence-electron chi connectivity index (χ4n) is 2.34. The van der Waals surface area contributed by atoms with Crippen molar-refractivity contribution in [3.8, 4) is 11.3 Å². The van der Waals surface area contributed by atoms with Crippen LogP contribution < -0.4 is 5.32 Å². The van der Waals surface area contributed by atoms with Crippen molar-refractivity contribution in [3.63, 3.8) is 0 Å². The van der Waals surface area contributed by atoms with Gasteiger partial charge in [0, 0.05) is 11.6 Å². The number of aryl methyl sites for hydroxylation is 3.